The molecule has 0 N–H and O–H groups in total. The highest BCUT2D eigenvalue weighted by atomic mass is 16.1. The molecule has 0 saturated carbocycles. The first-order valence-electron chi connectivity index (χ1n) is 10.4. The Labute approximate surface area is 168 Å². The van der Waals surface area contributed by atoms with Crippen LogP contribution in [0.2, 0.25) is 0 Å². The third-order valence-electron chi connectivity index (χ3n) is 5.20. The number of nitrogens with zero attached hydrogens (tertiary/aromatic N) is 2. The van der Waals surface area contributed by atoms with E-state index < -0.39 is 0 Å². The minimum atomic E-state index is 0.134. The number of Topliss-reactive ketones (excluding diaryl/α,β-unsaturated/α-hetero) is 1. The molecular formula is C25H30N2O. The van der Waals surface area contributed by atoms with Crippen LogP contribution in [-0.2, 0) is 13.0 Å². The van der Waals surface area contributed by atoms with Crippen LogP contribution in [0.3, 0.4) is 0 Å². The molecule has 1 aromatic heterocycles. The highest BCUT2D eigenvalue weighted by Gasteiger charge is 2.17. The fraction of sp³-hybridized carbons (Fsp3) is 0.360. The Balaban J connectivity index is 2.10. The van der Waals surface area contributed by atoms with Crippen LogP contribution >= 0.6 is 0 Å². The van der Waals surface area contributed by atoms with Crippen LogP contribution in [0.1, 0.15) is 62.4 Å². The fourth-order valence-corrected chi connectivity index (χ4v) is 3.65. The number of aryl methyl sites for hydroxylation is 2. The lowest BCUT2D eigenvalue weighted by Crippen LogP contribution is -2.01. The minimum absolute atomic E-state index is 0.134. The van der Waals surface area contributed by atoms with E-state index >= 15 is 0 Å². The lowest BCUT2D eigenvalue weighted by Gasteiger charge is -2.12. The molecular weight excluding hydrogens is 344 g/mol. The standard InChI is InChI=1S/C25H30N2O/c1-4-6-11-21-17-22(14-15-23(21)19(3)28)24-25(20-12-9-8-10-13-20)27(18-26-24)16-7-5-2/h8-10,12-15,17-18H,4-7,11,16H2,1-3H3. The number of hydrogen-bond acceptors (Lipinski definition) is 2. The molecule has 0 fully saturated rings. The van der Waals surface area contributed by atoms with Crippen LogP contribution in [0.5, 0.6) is 0 Å². The summed E-state index contributed by atoms with van der Waals surface area (Å²) in [5, 5.41) is 0. The molecule has 0 spiro atoms. The van der Waals surface area contributed by atoms with Gasteiger partial charge in [-0.05, 0) is 37.8 Å². The molecule has 1 heterocycles. The average Bonchev–Trinajstić information content (AvgIpc) is 3.14. The molecule has 2 aromatic carbocycles. The van der Waals surface area contributed by atoms with Crippen LogP contribution in [0.4, 0.5) is 0 Å². The predicted molar refractivity (Wildman–Crippen MR) is 117 cm³/mol. The second kappa shape index (κ2) is 9.50. The molecule has 0 bridgehead atoms. The summed E-state index contributed by atoms with van der Waals surface area (Å²) in [7, 11) is 0. The van der Waals surface area contributed by atoms with Crippen molar-refractivity contribution in [3.05, 3.63) is 66.0 Å². The van der Waals surface area contributed by atoms with E-state index in [2.05, 4.69) is 48.7 Å². The molecule has 0 aliphatic rings. The lowest BCUT2D eigenvalue weighted by atomic mass is 9.95. The van der Waals surface area contributed by atoms with Gasteiger partial charge < -0.3 is 4.57 Å². The van der Waals surface area contributed by atoms with E-state index in [0.29, 0.717) is 0 Å². The van der Waals surface area contributed by atoms with Crippen molar-refractivity contribution < 1.29 is 4.79 Å². The maximum atomic E-state index is 12.1. The molecule has 3 heteroatoms. The van der Waals surface area contributed by atoms with Crippen LogP contribution in [0.25, 0.3) is 22.5 Å². The molecule has 3 nitrogen and oxygen atoms in total. The summed E-state index contributed by atoms with van der Waals surface area (Å²) >= 11 is 0. The van der Waals surface area contributed by atoms with E-state index in [4.69, 9.17) is 4.98 Å². The zero-order chi connectivity index (χ0) is 19.9. The van der Waals surface area contributed by atoms with Gasteiger partial charge in [0.25, 0.3) is 0 Å². The van der Waals surface area contributed by atoms with Gasteiger partial charge in [-0.2, -0.15) is 0 Å². The minimum Gasteiger partial charge on any atom is -0.330 e. The van der Waals surface area contributed by atoms with Crippen molar-refractivity contribution in [3.8, 4) is 22.5 Å². The zero-order valence-electron chi connectivity index (χ0n) is 17.2. The van der Waals surface area contributed by atoms with Crippen LogP contribution < -0.4 is 0 Å². The summed E-state index contributed by atoms with van der Waals surface area (Å²) in [6.07, 6.45) is 7.36. The summed E-state index contributed by atoms with van der Waals surface area (Å²) < 4.78 is 2.26. The number of carbonyl (C=O) groups excluding carboxylic acids is 1. The van der Waals surface area contributed by atoms with Crippen LogP contribution in [0.15, 0.2) is 54.9 Å². The quantitative estimate of drug-likeness (QED) is 0.397. The maximum absolute atomic E-state index is 12.1. The van der Waals surface area contributed by atoms with Gasteiger partial charge in [0, 0.05) is 23.2 Å². The summed E-state index contributed by atoms with van der Waals surface area (Å²) in [6, 6.07) is 16.7. The normalized spacial score (nSPS) is 11.0. The maximum Gasteiger partial charge on any atom is 0.160 e. The Morgan fingerprint density at radius 3 is 2.39 bits per heavy atom. The largest absolute Gasteiger partial charge is 0.330 e. The molecule has 0 saturated heterocycles. The number of ketones is 1. The second-order valence-corrected chi connectivity index (χ2v) is 7.39. The van der Waals surface area contributed by atoms with Crippen LogP contribution in [-0.4, -0.2) is 15.3 Å². The molecule has 28 heavy (non-hydrogen) atoms. The molecule has 0 aliphatic heterocycles. The molecule has 3 rings (SSSR count). The van der Waals surface area contributed by atoms with Gasteiger partial charge in [0.2, 0.25) is 0 Å². The number of benzene rings is 2. The van der Waals surface area contributed by atoms with Crippen molar-refractivity contribution in [2.45, 2.75) is 59.4 Å². The number of carbonyl (C=O) groups is 1. The van der Waals surface area contributed by atoms with Crippen molar-refractivity contribution in [1.29, 1.82) is 0 Å². The zero-order valence-corrected chi connectivity index (χ0v) is 17.2. The number of aromatic nitrogens is 2. The summed E-state index contributed by atoms with van der Waals surface area (Å²) in [6.45, 7) is 7.00. The molecule has 3 aromatic rings. The van der Waals surface area contributed by atoms with E-state index in [9.17, 15) is 4.79 Å². The van der Waals surface area contributed by atoms with Gasteiger partial charge in [-0.1, -0.05) is 69.2 Å². The van der Waals surface area contributed by atoms with Gasteiger partial charge >= 0.3 is 0 Å². The SMILES string of the molecule is CCCCc1cc(-c2ncn(CCCC)c2-c2ccccc2)ccc1C(C)=O. The van der Waals surface area contributed by atoms with E-state index in [0.717, 1.165) is 66.7 Å². The number of hydrogen-bond donors (Lipinski definition) is 0. The van der Waals surface area contributed by atoms with Gasteiger partial charge in [-0.15, -0.1) is 0 Å². The summed E-state index contributed by atoms with van der Waals surface area (Å²) in [5.74, 6) is 0.134. The monoisotopic (exact) mass is 374 g/mol. The average molecular weight is 375 g/mol. The summed E-state index contributed by atoms with van der Waals surface area (Å²) in [5.41, 5.74) is 6.39. The van der Waals surface area contributed by atoms with Gasteiger partial charge in [-0.3, -0.25) is 4.79 Å². The number of unbranched alkanes of at least 4 members (excludes halogenated alkanes) is 2. The van der Waals surface area contributed by atoms with Crippen molar-refractivity contribution in [1.82, 2.24) is 9.55 Å². The van der Waals surface area contributed by atoms with Crippen LogP contribution in [0, 0.1) is 0 Å². The van der Waals surface area contributed by atoms with Crippen molar-refractivity contribution in [2.75, 3.05) is 0 Å². The van der Waals surface area contributed by atoms with Crippen molar-refractivity contribution >= 4 is 5.78 Å². The number of rotatable bonds is 9. The first kappa shape index (κ1) is 20.1. The van der Waals surface area contributed by atoms with Crippen molar-refractivity contribution in [3.63, 3.8) is 0 Å². The molecule has 0 aliphatic carbocycles. The Kier molecular flexibility index (Phi) is 6.80. The van der Waals surface area contributed by atoms with Gasteiger partial charge in [0.15, 0.2) is 5.78 Å². The first-order chi connectivity index (χ1) is 13.7. The third kappa shape index (κ3) is 4.41. The fourth-order valence-electron chi connectivity index (χ4n) is 3.65. The van der Waals surface area contributed by atoms with Gasteiger partial charge in [0.05, 0.1) is 17.7 Å². The van der Waals surface area contributed by atoms with E-state index in [1.54, 1.807) is 6.92 Å². The van der Waals surface area contributed by atoms with E-state index in [1.165, 1.54) is 5.56 Å². The Hall–Kier alpha value is -2.68. The highest BCUT2D eigenvalue weighted by Crippen LogP contribution is 2.33. The Morgan fingerprint density at radius 1 is 0.964 bits per heavy atom. The Morgan fingerprint density at radius 2 is 1.71 bits per heavy atom. The summed E-state index contributed by atoms with van der Waals surface area (Å²) in [4.78, 5) is 16.9. The third-order valence-corrected chi connectivity index (χ3v) is 5.20. The molecule has 146 valence electrons. The van der Waals surface area contributed by atoms with E-state index in [1.807, 2.05) is 24.5 Å². The molecule has 0 atom stereocenters. The number of imidazole rings is 1. The smallest absolute Gasteiger partial charge is 0.160 e. The molecule has 0 radical (unpaired) electrons. The van der Waals surface area contributed by atoms with Crippen molar-refractivity contribution in [2.24, 2.45) is 0 Å². The van der Waals surface area contributed by atoms with E-state index in [-0.39, 0.29) is 5.78 Å². The van der Waals surface area contributed by atoms with Gasteiger partial charge in [-0.25, -0.2) is 4.98 Å². The Bertz CT molecular complexity index is 925. The predicted octanol–water partition coefficient (Wildman–Crippen LogP) is 6.56. The highest BCUT2D eigenvalue weighted by molar-refractivity contribution is 5.96. The first-order valence-corrected chi connectivity index (χ1v) is 10.4. The second-order valence-electron chi connectivity index (χ2n) is 7.39. The topological polar surface area (TPSA) is 34.9 Å². The molecule has 0 amide bonds. The lowest BCUT2D eigenvalue weighted by molar-refractivity contribution is 0.101. The van der Waals surface area contributed by atoms with Gasteiger partial charge in [0.1, 0.15) is 0 Å². The molecule has 0 unspecified atom stereocenters.